The van der Waals surface area contributed by atoms with E-state index in [4.69, 9.17) is 0 Å². The third-order valence-corrected chi connectivity index (χ3v) is 2.36. The Balaban J connectivity index is 2.24. The Morgan fingerprint density at radius 2 is 2.06 bits per heavy atom. The van der Waals surface area contributed by atoms with Crippen molar-refractivity contribution >= 4 is 5.69 Å². The van der Waals surface area contributed by atoms with Crippen LogP contribution >= 0.6 is 0 Å². The highest BCUT2D eigenvalue weighted by Crippen LogP contribution is 2.19. The van der Waals surface area contributed by atoms with Gasteiger partial charge in [-0.1, -0.05) is 26.0 Å². The van der Waals surface area contributed by atoms with Gasteiger partial charge in [-0.3, -0.25) is 0 Å². The van der Waals surface area contributed by atoms with Crippen molar-refractivity contribution in [3.8, 4) is 5.69 Å². The highest BCUT2D eigenvalue weighted by Gasteiger charge is 2.03. The van der Waals surface area contributed by atoms with Crippen LogP contribution in [0.15, 0.2) is 42.7 Å². The molecule has 0 atom stereocenters. The van der Waals surface area contributed by atoms with Crippen LogP contribution in [-0.4, -0.2) is 16.3 Å². The number of benzene rings is 1. The van der Waals surface area contributed by atoms with Crippen LogP contribution in [-0.2, 0) is 0 Å². The second-order valence-electron chi connectivity index (χ2n) is 4.24. The molecule has 16 heavy (non-hydrogen) atoms. The Morgan fingerprint density at radius 3 is 2.75 bits per heavy atom. The summed E-state index contributed by atoms with van der Waals surface area (Å²) in [6.07, 6.45) is 3.75. The normalized spacial score (nSPS) is 10.7. The highest BCUT2D eigenvalue weighted by atomic mass is 15.3. The zero-order chi connectivity index (χ0) is 11.4. The van der Waals surface area contributed by atoms with E-state index < -0.39 is 0 Å². The molecule has 0 aliphatic carbocycles. The fraction of sp³-hybridized carbons (Fsp3) is 0.308. The summed E-state index contributed by atoms with van der Waals surface area (Å²) in [7, 11) is 0. The summed E-state index contributed by atoms with van der Waals surface area (Å²) < 4.78 is 1.88. The van der Waals surface area contributed by atoms with Gasteiger partial charge < -0.3 is 5.32 Å². The second kappa shape index (κ2) is 4.84. The molecule has 0 fully saturated rings. The van der Waals surface area contributed by atoms with Crippen LogP contribution in [0.2, 0.25) is 0 Å². The summed E-state index contributed by atoms with van der Waals surface area (Å²) in [6, 6.07) is 10.1. The molecule has 3 heteroatoms. The minimum absolute atomic E-state index is 0.630. The fourth-order valence-electron chi connectivity index (χ4n) is 1.55. The quantitative estimate of drug-likeness (QED) is 0.849. The first-order valence-corrected chi connectivity index (χ1v) is 5.60. The van der Waals surface area contributed by atoms with Crippen molar-refractivity contribution in [2.75, 3.05) is 11.9 Å². The first-order chi connectivity index (χ1) is 7.77. The molecule has 0 saturated carbocycles. The van der Waals surface area contributed by atoms with E-state index in [0.29, 0.717) is 5.92 Å². The van der Waals surface area contributed by atoms with E-state index in [0.717, 1.165) is 17.9 Å². The molecule has 0 aliphatic heterocycles. The maximum atomic E-state index is 4.25. The summed E-state index contributed by atoms with van der Waals surface area (Å²) in [4.78, 5) is 0. The molecule has 0 aliphatic rings. The van der Waals surface area contributed by atoms with E-state index in [1.165, 1.54) is 0 Å². The highest BCUT2D eigenvalue weighted by molar-refractivity contribution is 5.60. The van der Waals surface area contributed by atoms with Crippen LogP contribution in [0.3, 0.4) is 0 Å². The first-order valence-electron chi connectivity index (χ1n) is 5.60. The molecule has 0 unspecified atom stereocenters. The average Bonchev–Trinajstić information content (AvgIpc) is 2.80. The molecule has 2 rings (SSSR count). The fourth-order valence-corrected chi connectivity index (χ4v) is 1.55. The van der Waals surface area contributed by atoms with Gasteiger partial charge in [-0.2, -0.15) is 5.10 Å². The zero-order valence-corrected chi connectivity index (χ0v) is 9.72. The molecule has 3 nitrogen and oxygen atoms in total. The van der Waals surface area contributed by atoms with Crippen molar-refractivity contribution < 1.29 is 0 Å². The van der Waals surface area contributed by atoms with Crippen LogP contribution in [0.1, 0.15) is 13.8 Å². The van der Waals surface area contributed by atoms with E-state index >= 15 is 0 Å². The van der Waals surface area contributed by atoms with Crippen molar-refractivity contribution in [1.82, 2.24) is 9.78 Å². The maximum absolute atomic E-state index is 4.25. The lowest BCUT2D eigenvalue weighted by Crippen LogP contribution is -2.10. The lowest BCUT2D eigenvalue weighted by molar-refractivity contribution is 0.688. The third-order valence-electron chi connectivity index (χ3n) is 2.36. The molecule has 0 saturated heterocycles. The number of rotatable bonds is 4. The molecule has 1 N–H and O–H groups in total. The van der Waals surface area contributed by atoms with Gasteiger partial charge in [0.15, 0.2) is 0 Å². The monoisotopic (exact) mass is 215 g/mol. The van der Waals surface area contributed by atoms with Crippen molar-refractivity contribution in [2.24, 2.45) is 5.92 Å². The maximum Gasteiger partial charge on any atom is 0.0876 e. The molecule has 0 amide bonds. The van der Waals surface area contributed by atoms with E-state index in [9.17, 15) is 0 Å². The Morgan fingerprint density at radius 1 is 1.25 bits per heavy atom. The molecule has 2 aromatic rings. The standard InChI is InChI=1S/C13H17N3/c1-11(2)10-14-12-6-3-4-7-13(12)16-9-5-8-15-16/h3-9,11,14H,10H2,1-2H3. The molecule has 0 bridgehead atoms. The molecule has 1 aromatic heterocycles. The largest absolute Gasteiger partial charge is 0.383 e. The number of para-hydroxylation sites is 2. The van der Waals surface area contributed by atoms with Gasteiger partial charge >= 0.3 is 0 Å². The summed E-state index contributed by atoms with van der Waals surface area (Å²) in [6.45, 7) is 5.37. The van der Waals surface area contributed by atoms with E-state index in [1.807, 2.05) is 29.1 Å². The van der Waals surface area contributed by atoms with Crippen LogP contribution in [0.25, 0.3) is 5.69 Å². The van der Waals surface area contributed by atoms with Gasteiger partial charge in [-0.05, 0) is 24.1 Å². The molecular formula is C13H17N3. The van der Waals surface area contributed by atoms with Gasteiger partial charge in [0.2, 0.25) is 0 Å². The summed E-state index contributed by atoms with van der Waals surface area (Å²) in [5.41, 5.74) is 2.22. The molecule has 0 radical (unpaired) electrons. The second-order valence-corrected chi connectivity index (χ2v) is 4.24. The third kappa shape index (κ3) is 2.42. The number of anilines is 1. The van der Waals surface area contributed by atoms with E-state index in [-0.39, 0.29) is 0 Å². The smallest absolute Gasteiger partial charge is 0.0876 e. The van der Waals surface area contributed by atoms with Crippen LogP contribution in [0.5, 0.6) is 0 Å². The lowest BCUT2D eigenvalue weighted by atomic mass is 10.2. The Bertz CT molecular complexity index is 432. The number of nitrogens with one attached hydrogen (secondary N) is 1. The molecule has 0 spiro atoms. The van der Waals surface area contributed by atoms with Gasteiger partial charge in [0.05, 0.1) is 11.4 Å². The number of nitrogens with zero attached hydrogens (tertiary/aromatic N) is 2. The summed E-state index contributed by atoms with van der Waals surface area (Å²) in [5.74, 6) is 0.630. The van der Waals surface area contributed by atoms with Crippen LogP contribution in [0.4, 0.5) is 5.69 Å². The zero-order valence-electron chi connectivity index (χ0n) is 9.72. The number of hydrogen-bond donors (Lipinski definition) is 1. The number of hydrogen-bond acceptors (Lipinski definition) is 2. The Labute approximate surface area is 96.1 Å². The molecule has 1 heterocycles. The first kappa shape index (κ1) is 10.7. The molecule has 84 valence electrons. The van der Waals surface area contributed by atoms with Crippen molar-refractivity contribution in [1.29, 1.82) is 0 Å². The van der Waals surface area contributed by atoms with E-state index in [2.05, 4.69) is 36.4 Å². The Hall–Kier alpha value is -1.77. The minimum Gasteiger partial charge on any atom is -0.383 e. The Kier molecular flexibility index (Phi) is 3.25. The SMILES string of the molecule is CC(C)CNc1ccccc1-n1cccn1. The van der Waals surface area contributed by atoms with Gasteiger partial charge in [0, 0.05) is 18.9 Å². The minimum atomic E-state index is 0.630. The molecular weight excluding hydrogens is 198 g/mol. The van der Waals surface area contributed by atoms with Crippen molar-refractivity contribution in [3.05, 3.63) is 42.7 Å². The predicted molar refractivity (Wildman–Crippen MR) is 66.9 cm³/mol. The topological polar surface area (TPSA) is 29.9 Å². The number of aromatic nitrogens is 2. The van der Waals surface area contributed by atoms with Crippen molar-refractivity contribution in [3.63, 3.8) is 0 Å². The van der Waals surface area contributed by atoms with Gasteiger partial charge in [-0.15, -0.1) is 0 Å². The van der Waals surface area contributed by atoms with Gasteiger partial charge in [0.25, 0.3) is 0 Å². The molecule has 1 aromatic carbocycles. The average molecular weight is 215 g/mol. The lowest BCUT2D eigenvalue weighted by Gasteiger charge is -2.13. The van der Waals surface area contributed by atoms with Gasteiger partial charge in [-0.25, -0.2) is 4.68 Å². The van der Waals surface area contributed by atoms with Crippen LogP contribution < -0.4 is 5.32 Å². The summed E-state index contributed by atoms with van der Waals surface area (Å²) in [5, 5.41) is 7.69. The summed E-state index contributed by atoms with van der Waals surface area (Å²) >= 11 is 0. The van der Waals surface area contributed by atoms with E-state index in [1.54, 1.807) is 6.20 Å². The van der Waals surface area contributed by atoms with Crippen LogP contribution in [0, 0.1) is 5.92 Å². The van der Waals surface area contributed by atoms with Gasteiger partial charge in [0.1, 0.15) is 0 Å². The van der Waals surface area contributed by atoms with Crippen molar-refractivity contribution in [2.45, 2.75) is 13.8 Å². The predicted octanol–water partition coefficient (Wildman–Crippen LogP) is 2.94.